The van der Waals surface area contributed by atoms with Gasteiger partial charge in [-0.2, -0.15) is 0 Å². The molecule has 0 saturated carbocycles. The molecule has 0 unspecified atom stereocenters. The molecule has 0 bridgehead atoms. The van der Waals surface area contributed by atoms with Crippen molar-refractivity contribution in [2.45, 2.75) is 19.8 Å². The molecule has 1 aromatic heterocycles. The molecule has 2 aromatic rings. The summed E-state index contributed by atoms with van der Waals surface area (Å²) in [5, 5.41) is 5.96. The molecule has 0 atom stereocenters. The molecule has 1 aromatic carbocycles. The van der Waals surface area contributed by atoms with Crippen molar-refractivity contribution in [3.05, 3.63) is 41.6 Å². The number of anilines is 3. The van der Waals surface area contributed by atoms with E-state index >= 15 is 0 Å². The summed E-state index contributed by atoms with van der Waals surface area (Å²) in [6.45, 7) is 4.14. The van der Waals surface area contributed by atoms with E-state index in [4.69, 9.17) is 9.47 Å². The molecule has 2 N–H and O–H groups in total. The van der Waals surface area contributed by atoms with Gasteiger partial charge >= 0.3 is 0 Å². The summed E-state index contributed by atoms with van der Waals surface area (Å²) in [5.41, 5.74) is 2.56. The van der Waals surface area contributed by atoms with Crippen LogP contribution < -0.4 is 20.3 Å². The molecule has 8 heteroatoms. The van der Waals surface area contributed by atoms with E-state index < -0.39 is 0 Å². The SMILES string of the molecule is COc1cccc(NC(=O)c2cnc3c(c2)N(CC2CCOCC2)C(=O)CN3)c1C. The van der Waals surface area contributed by atoms with Crippen molar-refractivity contribution >= 4 is 29.0 Å². The largest absolute Gasteiger partial charge is 0.496 e. The maximum absolute atomic E-state index is 12.9. The molecule has 0 spiro atoms. The summed E-state index contributed by atoms with van der Waals surface area (Å²) in [7, 11) is 1.60. The molecule has 158 valence electrons. The van der Waals surface area contributed by atoms with E-state index in [0.29, 0.717) is 41.0 Å². The van der Waals surface area contributed by atoms with Gasteiger partial charge in [-0.3, -0.25) is 9.59 Å². The first-order chi connectivity index (χ1) is 14.6. The number of aromatic nitrogens is 1. The van der Waals surface area contributed by atoms with Crippen molar-refractivity contribution in [3.63, 3.8) is 0 Å². The smallest absolute Gasteiger partial charge is 0.257 e. The standard InChI is InChI=1S/C22H26N4O4/c1-14-17(4-3-5-19(14)29-2)25-22(28)16-10-18-21(23-11-16)24-12-20(27)26(18)13-15-6-8-30-9-7-15/h3-5,10-11,15H,6-9,12-13H2,1-2H3,(H,23,24)(H,25,28). The van der Waals surface area contributed by atoms with Crippen molar-refractivity contribution in [1.82, 2.24) is 4.98 Å². The predicted octanol–water partition coefficient (Wildman–Crippen LogP) is 2.84. The van der Waals surface area contributed by atoms with Crippen molar-refractivity contribution in [1.29, 1.82) is 0 Å². The van der Waals surface area contributed by atoms with Gasteiger partial charge in [0.15, 0.2) is 0 Å². The fourth-order valence-electron chi connectivity index (χ4n) is 3.86. The van der Waals surface area contributed by atoms with Gasteiger partial charge in [0, 0.05) is 37.2 Å². The highest BCUT2D eigenvalue weighted by Gasteiger charge is 2.29. The average molecular weight is 410 g/mol. The molecule has 3 heterocycles. The first kappa shape index (κ1) is 20.2. The van der Waals surface area contributed by atoms with Gasteiger partial charge in [-0.25, -0.2) is 4.98 Å². The van der Waals surface area contributed by atoms with E-state index in [9.17, 15) is 9.59 Å². The molecule has 2 amide bonds. The molecular weight excluding hydrogens is 384 g/mol. The summed E-state index contributed by atoms with van der Waals surface area (Å²) in [6.07, 6.45) is 3.38. The van der Waals surface area contributed by atoms with Gasteiger partial charge < -0.3 is 25.0 Å². The Labute approximate surface area is 175 Å². The maximum atomic E-state index is 12.9. The fraction of sp³-hybridized carbons (Fsp3) is 0.409. The quantitative estimate of drug-likeness (QED) is 0.787. The molecule has 0 aliphatic carbocycles. The highest BCUT2D eigenvalue weighted by atomic mass is 16.5. The molecule has 2 aliphatic rings. The third-order valence-corrected chi connectivity index (χ3v) is 5.66. The van der Waals surface area contributed by atoms with Gasteiger partial charge in [-0.15, -0.1) is 0 Å². The van der Waals surface area contributed by atoms with E-state index in [0.717, 1.165) is 31.6 Å². The zero-order chi connectivity index (χ0) is 21.1. The van der Waals surface area contributed by atoms with Gasteiger partial charge in [0.1, 0.15) is 11.6 Å². The molecule has 2 aliphatic heterocycles. The minimum absolute atomic E-state index is 0.0167. The van der Waals surface area contributed by atoms with Gasteiger partial charge in [-0.1, -0.05) is 6.07 Å². The van der Waals surface area contributed by atoms with Crippen LogP contribution in [0.5, 0.6) is 5.75 Å². The molecule has 4 rings (SSSR count). The Morgan fingerprint density at radius 1 is 1.37 bits per heavy atom. The van der Waals surface area contributed by atoms with E-state index in [1.165, 1.54) is 6.20 Å². The Balaban J connectivity index is 1.57. The maximum Gasteiger partial charge on any atom is 0.257 e. The lowest BCUT2D eigenvalue weighted by atomic mass is 9.99. The summed E-state index contributed by atoms with van der Waals surface area (Å²) < 4.78 is 10.7. The molecule has 30 heavy (non-hydrogen) atoms. The van der Waals surface area contributed by atoms with E-state index in [-0.39, 0.29) is 18.4 Å². The normalized spacial score (nSPS) is 16.6. The van der Waals surface area contributed by atoms with Crippen LogP contribution in [-0.4, -0.2) is 50.2 Å². The number of pyridine rings is 1. The number of nitrogens with zero attached hydrogens (tertiary/aromatic N) is 2. The van der Waals surface area contributed by atoms with Gasteiger partial charge in [0.05, 0.1) is 24.9 Å². The Morgan fingerprint density at radius 3 is 2.93 bits per heavy atom. The minimum atomic E-state index is -0.286. The highest BCUT2D eigenvalue weighted by molar-refractivity contribution is 6.08. The Kier molecular flexibility index (Phi) is 5.85. The van der Waals surface area contributed by atoms with Crippen molar-refractivity contribution in [2.24, 2.45) is 5.92 Å². The second-order valence-electron chi connectivity index (χ2n) is 7.59. The number of hydrogen-bond donors (Lipinski definition) is 2. The van der Waals surface area contributed by atoms with Crippen LogP contribution in [0.25, 0.3) is 0 Å². The summed E-state index contributed by atoms with van der Waals surface area (Å²) >= 11 is 0. The topological polar surface area (TPSA) is 92.8 Å². The lowest BCUT2D eigenvalue weighted by Crippen LogP contribution is -2.44. The van der Waals surface area contributed by atoms with E-state index in [1.54, 1.807) is 18.1 Å². The van der Waals surface area contributed by atoms with Crippen molar-refractivity contribution in [2.75, 3.05) is 48.9 Å². The molecule has 1 fully saturated rings. The Hall–Kier alpha value is -3.13. The minimum Gasteiger partial charge on any atom is -0.496 e. The summed E-state index contributed by atoms with van der Waals surface area (Å²) in [5.74, 6) is 1.40. The van der Waals surface area contributed by atoms with Crippen LogP contribution in [0.15, 0.2) is 30.5 Å². The van der Waals surface area contributed by atoms with Crippen LogP contribution in [0, 0.1) is 12.8 Å². The number of rotatable bonds is 5. The highest BCUT2D eigenvalue weighted by Crippen LogP contribution is 2.31. The second-order valence-corrected chi connectivity index (χ2v) is 7.59. The number of hydrogen-bond acceptors (Lipinski definition) is 6. The number of amides is 2. The number of carbonyl (C=O) groups is 2. The van der Waals surface area contributed by atoms with Gasteiger partial charge in [-0.05, 0) is 43.9 Å². The number of ether oxygens (including phenoxy) is 2. The zero-order valence-electron chi connectivity index (χ0n) is 17.2. The summed E-state index contributed by atoms with van der Waals surface area (Å²) in [6, 6.07) is 7.22. The Morgan fingerprint density at radius 2 is 2.17 bits per heavy atom. The van der Waals surface area contributed by atoms with Crippen molar-refractivity contribution < 1.29 is 19.1 Å². The van der Waals surface area contributed by atoms with Crippen LogP contribution >= 0.6 is 0 Å². The first-order valence-electron chi connectivity index (χ1n) is 10.1. The average Bonchev–Trinajstić information content (AvgIpc) is 2.77. The van der Waals surface area contributed by atoms with Crippen LogP contribution in [0.2, 0.25) is 0 Å². The van der Waals surface area contributed by atoms with Crippen LogP contribution in [0.3, 0.4) is 0 Å². The number of nitrogens with one attached hydrogen (secondary N) is 2. The monoisotopic (exact) mass is 410 g/mol. The molecular formula is C22H26N4O4. The third-order valence-electron chi connectivity index (χ3n) is 5.66. The number of benzene rings is 1. The second kappa shape index (κ2) is 8.71. The first-order valence-corrected chi connectivity index (χ1v) is 10.1. The number of methoxy groups -OCH3 is 1. The number of carbonyl (C=O) groups excluding carboxylic acids is 2. The number of fused-ring (bicyclic) bond motifs is 1. The lowest BCUT2D eigenvalue weighted by Gasteiger charge is -2.33. The molecule has 0 radical (unpaired) electrons. The predicted molar refractivity (Wildman–Crippen MR) is 114 cm³/mol. The van der Waals surface area contributed by atoms with Crippen LogP contribution in [0.4, 0.5) is 17.2 Å². The molecule has 1 saturated heterocycles. The Bertz CT molecular complexity index is 956. The van der Waals surface area contributed by atoms with E-state index in [1.807, 2.05) is 25.1 Å². The third kappa shape index (κ3) is 4.09. The van der Waals surface area contributed by atoms with Gasteiger partial charge in [0.25, 0.3) is 5.91 Å². The van der Waals surface area contributed by atoms with Crippen LogP contribution in [0.1, 0.15) is 28.8 Å². The van der Waals surface area contributed by atoms with Crippen molar-refractivity contribution in [3.8, 4) is 5.75 Å². The summed E-state index contributed by atoms with van der Waals surface area (Å²) in [4.78, 5) is 31.7. The fourth-order valence-corrected chi connectivity index (χ4v) is 3.86. The van der Waals surface area contributed by atoms with Crippen LogP contribution in [-0.2, 0) is 9.53 Å². The zero-order valence-corrected chi connectivity index (χ0v) is 17.2. The van der Waals surface area contributed by atoms with E-state index in [2.05, 4.69) is 15.6 Å². The lowest BCUT2D eigenvalue weighted by molar-refractivity contribution is -0.117. The van der Waals surface area contributed by atoms with Gasteiger partial charge in [0.2, 0.25) is 5.91 Å². The molecule has 8 nitrogen and oxygen atoms in total.